The summed E-state index contributed by atoms with van der Waals surface area (Å²) in [4.78, 5) is 1.79. The zero-order valence-corrected chi connectivity index (χ0v) is 26.6. The quantitative estimate of drug-likeness (QED) is 0.111. The number of benzene rings is 4. The van der Waals surface area contributed by atoms with Gasteiger partial charge in [0.25, 0.3) is 0 Å². The highest BCUT2D eigenvalue weighted by molar-refractivity contribution is 7.80. The Labute approximate surface area is 258 Å². The molecule has 0 aliphatic rings. The first-order valence-electron chi connectivity index (χ1n) is 14.8. The van der Waals surface area contributed by atoms with E-state index in [9.17, 15) is 0 Å². The van der Waals surface area contributed by atoms with Crippen LogP contribution in [0.3, 0.4) is 0 Å². The molecular formula is C36H44N2OS2. The maximum absolute atomic E-state index is 5.48. The first kappa shape index (κ1) is 30.9. The van der Waals surface area contributed by atoms with E-state index >= 15 is 0 Å². The average molecular weight is 585 g/mol. The van der Waals surface area contributed by atoms with Crippen molar-refractivity contribution in [2.75, 3.05) is 17.7 Å². The third-order valence-corrected chi connectivity index (χ3v) is 8.43. The first-order valence-corrected chi connectivity index (χ1v) is 15.7. The van der Waals surface area contributed by atoms with Crippen LogP contribution in [0.4, 0.5) is 11.4 Å². The minimum atomic E-state index is -0.0841. The predicted octanol–water partition coefficient (Wildman–Crippen LogP) is 10.3. The topological polar surface area (TPSA) is 33.3 Å². The summed E-state index contributed by atoms with van der Waals surface area (Å²) in [6, 6.07) is 30.1. The molecule has 5 heteroatoms. The standard InChI is InChI=1S/C36H44N2OS2/c1-5-7-13-26-15-9-11-17-29(26)35(37-31-21-19-25(3)23-33(31)40)36(30-18-12-10-16-27(30)14-8-6-2)38-32-22-20-28(39-4)24-34(32)41/h9-12,15-24,35-38,40-41H,5-8,13-14H2,1-4H3. The number of aryl methyl sites for hydroxylation is 3. The second-order valence-corrected chi connectivity index (χ2v) is 11.7. The van der Waals surface area contributed by atoms with Gasteiger partial charge in [-0.05, 0) is 90.8 Å². The molecule has 2 unspecified atom stereocenters. The van der Waals surface area contributed by atoms with E-state index < -0.39 is 0 Å². The minimum absolute atomic E-state index is 0.0747. The summed E-state index contributed by atoms with van der Waals surface area (Å²) in [6.07, 6.45) is 6.68. The fraction of sp³-hybridized carbons (Fsp3) is 0.333. The Balaban J connectivity index is 1.91. The van der Waals surface area contributed by atoms with Crippen molar-refractivity contribution in [2.24, 2.45) is 0 Å². The van der Waals surface area contributed by atoms with E-state index in [-0.39, 0.29) is 12.1 Å². The first-order chi connectivity index (χ1) is 19.9. The number of thiol groups is 2. The summed E-state index contributed by atoms with van der Waals surface area (Å²) >= 11 is 9.75. The number of hydrogen-bond donors (Lipinski definition) is 4. The van der Waals surface area contributed by atoms with Gasteiger partial charge in [-0.15, -0.1) is 25.3 Å². The zero-order chi connectivity index (χ0) is 29.2. The lowest BCUT2D eigenvalue weighted by atomic mass is 9.85. The molecule has 0 saturated heterocycles. The van der Waals surface area contributed by atoms with Crippen LogP contribution in [-0.4, -0.2) is 7.11 Å². The summed E-state index contributed by atoms with van der Waals surface area (Å²) in [5, 5.41) is 7.91. The Morgan fingerprint density at radius 3 is 1.61 bits per heavy atom. The van der Waals surface area contributed by atoms with Gasteiger partial charge in [0.1, 0.15) is 5.75 Å². The molecule has 0 radical (unpaired) electrons. The lowest BCUT2D eigenvalue weighted by Gasteiger charge is -2.34. The average Bonchev–Trinajstić information content (AvgIpc) is 2.99. The number of methoxy groups -OCH3 is 1. The van der Waals surface area contributed by atoms with E-state index in [1.165, 1.54) is 27.8 Å². The van der Waals surface area contributed by atoms with Crippen molar-refractivity contribution in [3.05, 3.63) is 113 Å². The summed E-state index contributed by atoms with van der Waals surface area (Å²) in [7, 11) is 1.69. The molecule has 2 N–H and O–H groups in total. The normalized spacial score (nSPS) is 12.5. The van der Waals surface area contributed by atoms with Crippen LogP contribution in [0.5, 0.6) is 5.75 Å². The molecule has 0 spiro atoms. The van der Waals surface area contributed by atoms with Gasteiger partial charge in [0.15, 0.2) is 0 Å². The summed E-state index contributed by atoms with van der Waals surface area (Å²) in [6.45, 7) is 6.61. The van der Waals surface area contributed by atoms with Crippen molar-refractivity contribution in [2.45, 2.75) is 81.2 Å². The fourth-order valence-electron chi connectivity index (χ4n) is 5.41. The van der Waals surface area contributed by atoms with Crippen LogP contribution in [0.25, 0.3) is 0 Å². The molecule has 0 heterocycles. The van der Waals surface area contributed by atoms with E-state index in [1.807, 2.05) is 12.1 Å². The SMILES string of the molecule is CCCCc1ccccc1C(Nc1ccc(C)cc1S)C(Nc1ccc(OC)cc1S)c1ccccc1CCCC. The van der Waals surface area contributed by atoms with Gasteiger partial charge in [0, 0.05) is 21.2 Å². The third kappa shape index (κ3) is 8.05. The summed E-state index contributed by atoms with van der Waals surface area (Å²) < 4.78 is 5.48. The van der Waals surface area contributed by atoms with E-state index in [2.05, 4.69) is 104 Å². The molecule has 0 aliphatic carbocycles. The van der Waals surface area contributed by atoms with E-state index in [0.29, 0.717) is 0 Å². The molecule has 3 nitrogen and oxygen atoms in total. The fourth-order valence-corrected chi connectivity index (χ4v) is 6.01. The van der Waals surface area contributed by atoms with Crippen molar-refractivity contribution >= 4 is 36.6 Å². The van der Waals surface area contributed by atoms with Crippen molar-refractivity contribution < 1.29 is 4.74 Å². The van der Waals surface area contributed by atoms with Gasteiger partial charge in [-0.1, -0.05) is 81.3 Å². The Bertz CT molecular complexity index is 1420. The number of anilines is 2. The van der Waals surface area contributed by atoms with Gasteiger partial charge >= 0.3 is 0 Å². The van der Waals surface area contributed by atoms with Gasteiger partial charge in [0.05, 0.1) is 19.2 Å². The molecule has 2 atom stereocenters. The van der Waals surface area contributed by atoms with Gasteiger partial charge < -0.3 is 15.4 Å². The van der Waals surface area contributed by atoms with Crippen LogP contribution in [0.2, 0.25) is 0 Å². The minimum Gasteiger partial charge on any atom is -0.497 e. The highest BCUT2D eigenvalue weighted by atomic mass is 32.1. The Hall–Kier alpha value is -3.02. The van der Waals surface area contributed by atoms with Crippen LogP contribution in [0.15, 0.2) is 94.7 Å². The van der Waals surface area contributed by atoms with Gasteiger partial charge in [-0.2, -0.15) is 0 Å². The molecule has 4 rings (SSSR count). The second-order valence-electron chi connectivity index (χ2n) is 10.8. The van der Waals surface area contributed by atoms with Gasteiger partial charge in [-0.25, -0.2) is 0 Å². The van der Waals surface area contributed by atoms with Crippen LogP contribution in [0, 0.1) is 6.92 Å². The second kappa shape index (κ2) is 15.3. The summed E-state index contributed by atoms with van der Waals surface area (Å²) in [5.41, 5.74) is 8.52. The van der Waals surface area contributed by atoms with Crippen molar-refractivity contribution in [1.82, 2.24) is 0 Å². The molecule has 0 amide bonds. The van der Waals surface area contributed by atoms with E-state index in [4.69, 9.17) is 30.0 Å². The smallest absolute Gasteiger partial charge is 0.120 e. The maximum Gasteiger partial charge on any atom is 0.120 e. The highest BCUT2D eigenvalue weighted by Gasteiger charge is 2.29. The molecule has 0 aliphatic heterocycles. The van der Waals surface area contributed by atoms with Crippen LogP contribution in [-0.2, 0) is 12.8 Å². The molecule has 4 aromatic carbocycles. The zero-order valence-electron chi connectivity index (χ0n) is 24.8. The lowest BCUT2D eigenvalue weighted by Crippen LogP contribution is -2.28. The predicted molar refractivity (Wildman–Crippen MR) is 182 cm³/mol. The molecular weight excluding hydrogens is 541 g/mol. The Kier molecular flexibility index (Phi) is 11.5. The van der Waals surface area contributed by atoms with E-state index in [1.54, 1.807) is 7.11 Å². The lowest BCUT2D eigenvalue weighted by molar-refractivity contribution is 0.414. The molecule has 0 fully saturated rings. The van der Waals surface area contributed by atoms with Crippen molar-refractivity contribution in [3.8, 4) is 5.75 Å². The number of ether oxygens (including phenoxy) is 1. The number of unbranched alkanes of at least 4 members (excludes halogenated alkanes) is 2. The van der Waals surface area contributed by atoms with Crippen LogP contribution in [0.1, 0.15) is 79.4 Å². The molecule has 216 valence electrons. The third-order valence-electron chi connectivity index (χ3n) is 7.69. The van der Waals surface area contributed by atoms with Gasteiger partial charge in [0.2, 0.25) is 0 Å². The molecule has 0 saturated carbocycles. The number of rotatable bonds is 14. The molecule has 41 heavy (non-hydrogen) atoms. The Morgan fingerprint density at radius 2 is 1.15 bits per heavy atom. The highest BCUT2D eigenvalue weighted by Crippen LogP contribution is 2.41. The van der Waals surface area contributed by atoms with E-state index in [0.717, 1.165) is 65.4 Å². The summed E-state index contributed by atoms with van der Waals surface area (Å²) in [5.74, 6) is 0.791. The van der Waals surface area contributed by atoms with Crippen molar-refractivity contribution in [3.63, 3.8) is 0 Å². The number of hydrogen-bond acceptors (Lipinski definition) is 5. The molecule has 0 bridgehead atoms. The Morgan fingerprint density at radius 1 is 0.659 bits per heavy atom. The number of nitrogens with one attached hydrogen (secondary N) is 2. The largest absolute Gasteiger partial charge is 0.497 e. The maximum atomic E-state index is 5.48. The monoisotopic (exact) mass is 584 g/mol. The van der Waals surface area contributed by atoms with Crippen LogP contribution < -0.4 is 15.4 Å². The van der Waals surface area contributed by atoms with Gasteiger partial charge in [-0.3, -0.25) is 0 Å². The molecule has 4 aromatic rings. The molecule has 0 aromatic heterocycles. The van der Waals surface area contributed by atoms with Crippen molar-refractivity contribution in [1.29, 1.82) is 0 Å². The van der Waals surface area contributed by atoms with Crippen LogP contribution >= 0.6 is 25.3 Å².